The van der Waals surface area contributed by atoms with Gasteiger partial charge in [-0.3, -0.25) is 19.3 Å². The Balaban J connectivity index is 2.08. The number of nitrogens with zero attached hydrogens (tertiary/aromatic N) is 1. The molecule has 1 aliphatic rings. The van der Waals surface area contributed by atoms with Crippen molar-refractivity contribution < 1.29 is 14.0 Å². The summed E-state index contributed by atoms with van der Waals surface area (Å²) in [6, 6.07) is 8.00. The number of aromatic amines is 1. The minimum Gasteiger partial charge on any atom is -0.369 e. The first-order valence-electron chi connectivity index (χ1n) is 7.03. The van der Waals surface area contributed by atoms with Crippen molar-refractivity contribution in [3.05, 3.63) is 58.8 Å². The van der Waals surface area contributed by atoms with Crippen LogP contribution in [0.4, 0.5) is 15.8 Å². The lowest BCUT2D eigenvalue weighted by Gasteiger charge is -2.26. The van der Waals surface area contributed by atoms with Gasteiger partial charge in [0.1, 0.15) is 11.2 Å². The number of H-pyrrole nitrogens is 1. The van der Waals surface area contributed by atoms with E-state index < -0.39 is 23.0 Å². The van der Waals surface area contributed by atoms with Gasteiger partial charge in [0.15, 0.2) is 0 Å². The van der Waals surface area contributed by atoms with E-state index in [-0.39, 0.29) is 5.56 Å². The van der Waals surface area contributed by atoms with Gasteiger partial charge in [-0.05, 0) is 43.2 Å². The average molecular weight is 315 g/mol. The largest absolute Gasteiger partial charge is 0.369 e. The first-order chi connectivity index (χ1) is 10.9. The number of benzene rings is 1. The number of carbonyl (C=O) groups excluding carboxylic acids is 2. The number of primary amides is 1. The van der Waals surface area contributed by atoms with Gasteiger partial charge in [-0.25, -0.2) is 4.39 Å². The number of nitrogens with one attached hydrogen (secondary N) is 1. The standard InChI is InChI=1S/C16H14FN3O3/c17-10-1-3-11(4-2-10)20(12-5-6-13(21)19-9-12)15(23)16(7-8-16)14(18)22/h1-6,9H,7-8H2,(H2,18,22)(H,19,21). The maximum absolute atomic E-state index is 13.2. The monoisotopic (exact) mass is 315 g/mol. The Labute approximate surface area is 130 Å². The molecule has 1 aromatic carbocycles. The number of hydrogen-bond acceptors (Lipinski definition) is 3. The number of anilines is 2. The fourth-order valence-electron chi connectivity index (χ4n) is 2.42. The lowest BCUT2D eigenvalue weighted by Crippen LogP contribution is -2.41. The summed E-state index contributed by atoms with van der Waals surface area (Å²) in [7, 11) is 0. The van der Waals surface area contributed by atoms with E-state index >= 15 is 0 Å². The van der Waals surface area contributed by atoms with E-state index in [0.29, 0.717) is 24.2 Å². The maximum Gasteiger partial charge on any atom is 0.248 e. The molecule has 7 heteroatoms. The molecule has 0 bridgehead atoms. The molecule has 1 aromatic heterocycles. The summed E-state index contributed by atoms with van der Waals surface area (Å²) in [6.07, 6.45) is 2.12. The van der Waals surface area contributed by atoms with Gasteiger partial charge < -0.3 is 10.7 Å². The number of rotatable bonds is 4. The van der Waals surface area contributed by atoms with Crippen LogP contribution in [0.2, 0.25) is 0 Å². The van der Waals surface area contributed by atoms with Crippen molar-refractivity contribution in [1.82, 2.24) is 4.98 Å². The molecule has 1 saturated carbocycles. The molecule has 0 saturated heterocycles. The summed E-state index contributed by atoms with van der Waals surface area (Å²) in [4.78, 5) is 39.5. The first-order valence-corrected chi connectivity index (χ1v) is 7.03. The second-order valence-corrected chi connectivity index (χ2v) is 5.47. The predicted molar refractivity (Wildman–Crippen MR) is 81.5 cm³/mol. The minimum absolute atomic E-state index is 0.323. The number of pyridine rings is 1. The van der Waals surface area contributed by atoms with Gasteiger partial charge in [-0.1, -0.05) is 0 Å². The molecule has 23 heavy (non-hydrogen) atoms. The Kier molecular flexibility index (Phi) is 3.48. The van der Waals surface area contributed by atoms with Crippen LogP contribution >= 0.6 is 0 Å². The van der Waals surface area contributed by atoms with Crippen molar-refractivity contribution in [2.24, 2.45) is 11.1 Å². The van der Waals surface area contributed by atoms with Gasteiger partial charge in [0.05, 0.1) is 5.69 Å². The van der Waals surface area contributed by atoms with E-state index in [0.717, 1.165) is 0 Å². The van der Waals surface area contributed by atoms with E-state index in [4.69, 9.17) is 5.73 Å². The fourth-order valence-corrected chi connectivity index (χ4v) is 2.42. The minimum atomic E-state index is -1.23. The summed E-state index contributed by atoms with van der Waals surface area (Å²) in [6.45, 7) is 0. The Morgan fingerprint density at radius 3 is 2.17 bits per heavy atom. The van der Waals surface area contributed by atoms with Crippen molar-refractivity contribution in [1.29, 1.82) is 0 Å². The van der Waals surface area contributed by atoms with Crippen LogP contribution in [0.15, 0.2) is 47.4 Å². The topological polar surface area (TPSA) is 96.3 Å². The number of amides is 2. The van der Waals surface area contributed by atoms with Crippen LogP contribution in [-0.4, -0.2) is 16.8 Å². The van der Waals surface area contributed by atoms with E-state index in [1.807, 2.05) is 0 Å². The third-order valence-electron chi connectivity index (χ3n) is 3.94. The molecular formula is C16H14FN3O3. The summed E-state index contributed by atoms with van der Waals surface area (Å²) in [5, 5.41) is 0. The lowest BCUT2D eigenvalue weighted by atomic mass is 10.0. The quantitative estimate of drug-likeness (QED) is 0.836. The van der Waals surface area contributed by atoms with Gasteiger partial charge in [-0.15, -0.1) is 0 Å². The summed E-state index contributed by atoms with van der Waals surface area (Å²) >= 11 is 0. The van der Waals surface area contributed by atoms with Gasteiger partial charge in [-0.2, -0.15) is 0 Å². The van der Waals surface area contributed by atoms with E-state index in [9.17, 15) is 18.8 Å². The number of aromatic nitrogens is 1. The second-order valence-electron chi connectivity index (χ2n) is 5.47. The molecule has 3 N–H and O–H groups in total. The van der Waals surface area contributed by atoms with E-state index in [1.165, 1.54) is 47.5 Å². The SMILES string of the molecule is NC(=O)C1(C(=O)N(c2ccc(F)cc2)c2ccc(=O)[nH]c2)CC1. The molecule has 1 heterocycles. The van der Waals surface area contributed by atoms with Gasteiger partial charge in [0, 0.05) is 18.0 Å². The van der Waals surface area contributed by atoms with Crippen molar-refractivity contribution >= 4 is 23.2 Å². The molecule has 0 aliphatic heterocycles. The molecule has 3 rings (SSSR count). The number of halogens is 1. The van der Waals surface area contributed by atoms with Crippen LogP contribution in [0.25, 0.3) is 0 Å². The zero-order valence-corrected chi connectivity index (χ0v) is 12.1. The molecule has 0 spiro atoms. The average Bonchev–Trinajstić information content (AvgIpc) is 3.33. The van der Waals surface area contributed by atoms with Crippen LogP contribution in [0.5, 0.6) is 0 Å². The highest BCUT2D eigenvalue weighted by Gasteiger charge is 2.57. The zero-order chi connectivity index (χ0) is 16.6. The van der Waals surface area contributed by atoms with Crippen molar-refractivity contribution in [3.8, 4) is 0 Å². The number of nitrogens with two attached hydrogens (primary N) is 1. The second kappa shape index (κ2) is 5.35. The zero-order valence-electron chi connectivity index (χ0n) is 12.1. The molecule has 2 aromatic rings. The Morgan fingerprint density at radius 1 is 1.09 bits per heavy atom. The molecule has 0 radical (unpaired) electrons. The maximum atomic E-state index is 13.2. The fraction of sp³-hybridized carbons (Fsp3) is 0.188. The van der Waals surface area contributed by atoms with Crippen LogP contribution in [-0.2, 0) is 9.59 Å². The highest BCUT2D eigenvalue weighted by atomic mass is 19.1. The molecule has 2 amide bonds. The summed E-state index contributed by atoms with van der Waals surface area (Å²) in [5.74, 6) is -1.61. The molecule has 1 aliphatic carbocycles. The predicted octanol–water partition coefficient (Wildman–Crippen LogP) is 1.44. The van der Waals surface area contributed by atoms with Crippen molar-refractivity contribution in [2.75, 3.05) is 4.90 Å². The Hall–Kier alpha value is -2.96. The molecule has 6 nitrogen and oxygen atoms in total. The third-order valence-corrected chi connectivity index (χ3v) is 3.94. The number of hydrogen-bond donors (Lipinski definition) is 2. The third kappa shape index (κ3) is 2.61. The smallest absolute Gasteiger partial charge is 0.248 e. The van der Waals surface area contributed by atoms with Crippen molar-refractivity contribution in [2.45, 2.75) is 12.8 Å². The van der Waals surface area contributed by atoms with E-state index in [1.54, 1.807) is 0 Å². The van der Waals surface area contributed by atoms with Crippen LogP contribution in [0.1, 0.15) is 12.8 Å². The summed E-state index contributed by atoms with van der Waals surface area (Å²) in [5.41, 5.74) is 4.57. The molecule has 1 fully saturated rings. The van der Waals surface area contributed by atoms with Crippen LogP contribution in [0, 0.1) is 11.2 Å². The molecule has 118 valence electrons. The van der Waals surface area contributed by atoms with Crippen LogP contribution < -0.4 is 16.2 Å². The lowest BCUT2D eigenvalue weighted by molar-refractivity contribution is -0.133. The molecule has 0 unspecified atom stereocenters. The highest BCUT2D eigenvalue weighted by molar-refractivity contribution is 6.16. The Bertz CT molecular complexity index is 805. The summed E-state index contributed by atoms with van der Waals surface area (Å²) < 4.78 is 13.2. The highest BCUT2D eigenvalue weighted by Crippen LogP contribution is 2.48. The van der Waals surface area contributed by atoms with Gasteiger partial charge in [0.25, 0.3) is 0 Å². The first kappa shape index (κ1) is 15.0. The van der Waals surface area contributed by atoms with Crippen molar-refractivity contribution in [3.63, 3.8) is 0 Å². The van der Waals surface area contributed by atoms with Crippen LogP contribution in [0.3, 0.4) is 0 Å². The number of carbonyl (C=O) groups is 2. The normalized spacial score (nSPS) is 15.0. The Morgan fingerprint density at radius 2 is 1.70 bits per heavy atom. The van der Waals surface area contributed by atoms with Gasteiger partial charge >= 0.3 is 0 Å². The van der Waals surface area contributed by atoms with Gasteiger partial charge in [0.2, 0.25) is 17.4 Å². The molecular weight excluding hydrogens is 301 g/mol. The molecule has 0 atom stereocenters. The van der Waals surface area contributed by atoms with E-state index in [2.05, 4.69) is 4.98 Å².